The molecule has 0 aromatic carbocycles. The highest BCUT2D eigenvalue weighted by Gasteiger charge is 2.14. The van der Waals surface area contributed by atoms with E-state index in [1.54, 1.807) is 6.20 Å². The lowest BCUT2D eigenvalue weighted by molar-refractivity contribution is 0.575. The Morgan fingerprint density at radius 1 is 1.23 bits per heavy atom. The van der Waals surface area contributed by atoms with E-state index in [2.05, 4.69) is 20.3 Å². The molecule has 1 aliphatic heterocycles. The van der Waals surface area contributed by atoms with Gasteiger partial charge in [0.2, 0.25) is 0 Å². The van der Waals surface area contributed by atoms with Gasteiger partial charge in [0, 0.05) is 13.1 Å². The van der Waals surface area contributed by atoms with E-state index in [1.807, 2.05) is 0 Å². The Kier molecular flexibility index (Phi) is 2.59. The molecule has 5 heteroatoms. The average molecular weight is 199 g/mol. The van der Waals surface area contributed by atoms with Crippen molar-refractivity contribution in [2.75, 3.05) is 18.0 Å². The second-order valence-corrected chi connectivity index (χ2v) is 3.52. The third kappa shape index (κ3) is 1.88. The minimum absolute atomic E-state index is 0.455. The van der Waals surface area contributed by atoms with Crippen molar-refractivity contribution in [3.63, 3.8) is 0 Å². The minimum atomic E-state index is 0.455. The first-order chi connectivity index (χ1) is 6.38. The van der Waals surface area contributed by atoms with Gasteiger partial charge in [-0.15, -0.1) is 10.2 Å². The lowest BCUT2D eigenvalue weighted by atomic mass is 10.1. The van der Waals surface area contributed by atoms with E-state index in [-0.39, 0.29) is 0 Å². The van der Waals surface area contributed by atoms with Gasteiger partial charge in [-0.3, -0.25) is 0 Å². The quantitative estimate of drug-likeness (QED) is 0.686. The molecular weight excluding hydrogens is 188 g/mol. The Bertz CT molecular complexity index is 285. The Morgan fingerprint density at radius 3 is 2.69 bits per heavy atom. The molecule has 0 atom stereocenters. The lowest BCUT2D eigenvalue weighted by Crippen LogP contribution is -2.29. The third-order valence-electron chi connectivity index (χ3n) is 2.27. The van der Waals surface area contributed by atoms with Crippen molar-refractivity contribution in [2.45, 2.75) is 19.3 Å². The minimum Gasteiger partial charge on any atom is -0.368 e. The molecule has 4 nitrogen and oxygen atoms in total. The predicted molar refractivity (Wildman–Crippen MR) is 50.9 cm³/mol. The van der Waals surface area contributed by atoms with Crippen LogP contribution in [0.2, 0.25) is 5.15 Å². The van der Waals surface area contributed by atoms with Gasteiger partial charge < -0.3 is 4.90 Å². The van der Waals surface area contributed by atoms with E-state index >= 15 is 0 Å². The van der Waals surface area contributed by atoms with Gasteiger partial charge in [-0.05, 0) is 24.5 Å². The molecule has 0 unspecified atom stereocenters. The molecule has 1 aliphatic rings. The highest BCUT2D eigenvalue weighted by atomic mass is 35.5. The predicted octanol–water partition coefficient (Wildman–Crippen LogP) is 1.52. The fourth-order valence-electron chi connectivity index (χ4n) is 1.60. The van der Waals surface area contributed by atoms with E-state index in [0.717, 1.165) is 18.8 Å². The van der Waals surface area contributed by atoms with Gasteiger partial charge in [0.15, 0.2) is 5.15 Å². The summed E-state index contributed by atoms with van der Waals surface area (Å²) in [6.07, 6.45) is 5.43. The molecule has 2 heterocycles. The van der Waals surface area contributed by atoms with Gasteiger partial charge in [0.1, 0.15) is 0 Å². The molecule has 13 heavy (non-hydrogen) atoms. The first-order valence-corrected chi connectivity index (χ1v) is 4.84. The molecule has 70 valence electrons. The zero-order chi connectivity index (χ0) is 9.10. The largest absolute Gasteiger partial charge is 0.368 e. The monoisotopic (exact) mass is 198 g/mol. The Morgan fingerprint density at radius 2 is 2.00 bits per heavy atom. The van der Waals surface area contributed by atoms with Crippen LogP contribution < -0.4 is 4.90 Å². The molecule has 2 rings (SSSR count). The zero-order valence-electron chi connectivity index (χ0n) is 7.28. The Balaban J connectivity index is 2.18. The van der Waals surface area contributed by atoms with Crippen LogP contribution in [0.1, 0.15) is 19.3 Å². The molecular formula is C8H11ClN4. The van der Waals surface area contributed by atoms with E-state index < -0.39 is 0 Å². The van der Waals surface area contributed by atoms with Crippen LogP contribution in [0.25, 0.3) is 0 Å². The van der Waals surface area contributed by atoms with E-state index in [9.17, 15) is 0 Å². The first kappa shape index (κ1) is 8.69. The molecule has 0 spiro atoms. The maximum absolute atomic E-state index is 5.90. The number of anilines is 1. The number of aromatic nitrogens is 3. The molecule has 1 aromatic heterocycles. The Hall–Kier alpha value is -0.900. The lowest BCUT2D eigenvalue weighted by Gasteiger charge is -2.28. The van der Waals surface area contributed by atoms with E-state index in [4.69, 9.17) is 11.6 Å². The summed E-state index contributed by atoms with van der Waals surface area (Å²) >= 11 is 5.90. The molecule has 1 fully saturated rings. The zero-order valence-corrected chi connectivity index (χ0v) is 8.04. The smallest absolute Gasteiger partial charge is 0.178 e. The first-order valence-electron chi connectivity index (χ1n) is 4.47. The number of rotatable bonds is 1. The van der Waals surface area contributed by atoms with E-state index in [1.165, 1.54) is 19.3 Å². The standard InChI is InChI=1S/C8H11ClN4/c9-8-7(6-10-12-11-8)13-4-2-1-3-5-13/h6H,1-5H2. The summed E-state index contributed by atoms with van der Waals surface area (Å²) in [4.78, 5) is 2.22. The molecule has 1 saturated heterocycles. The summed E-state index contributed by atoms with van der Waals surface area (Å²) in [6.45, 7) is 2.10. The highest BCUT2D eigenvalue weighted by molar-refractivity contribution is 6.31. The normalized spacial score (nSPS) is 17.5. The van der Waals surface area contributed by atoms with Crippen LogP contribution in [-0.2, 0) is 0 Å². The van der Waals surface area contributed by atoms with Crippen LogP contribution in [0.5, 0.6) is 0 Å². The van der Waals surface area contributed by atoms with Gasteiger partial charge in [-0.2, -0.15) is 0 Å². The summed E-state index contributed by atoms with van der Waals surface area (Å²) in [5.74, 6) is 0. The highest BCUT2D eigenvalue weighted by Crippen LogP contribution is 2.24. The van der Waals surface area contributed by atoms with Crippen molar-refractivity contribution in [3.05, 3.63) is 11.3 Å². The van der Waals surface area contributed by atoms with Crippen LogP contribution in [-0.4, -0.2) is 28.5 Å². The van der Waals surface area contributed by atoms with Gasteiger partial charge in [-0.1, -0.05) is 11.6 Å². The summed E-state index contributed by atoms with van der Waals surface area (Å²) in [5.41, 5.74) is 0.913. The number of halogens is 1. The molecule has 0 bridgehead atoms. The maximum atomic E-state index is 5.90. The average Bonchev–Trinajstić information content (AvgIpc) is 2.20. The van der Waals surface area contributed by atoms with Crippen molar-refractivity contribution in [2.24, 2.45) is 0 Å². The molecule has 0 N–H and O–H groups in total. The molecule has 1 aromatic rings. The van der Waals surface area contributed by atoms with Gasteiger partial charge in [0.25, 0.3) is 0 Å². The van der Waals surface area contributed by atoms with E-state index in [0.29, 0.717) is 5.15 Å². The number of hydrogen-bond acceptors (Lipinski definition) is 4. The van der Waals surface area contributed by atoms with Crippen LogP contribution in [0, 0.1) is 0 Å². The van der Waals surface area contributed by atoms with Gasteiger partial charge in [0.05, 0.1) is 11.9 Å². The second kappa shape index (κ2) is 3.87. The van der Waals surface area contributed by atoms with Gasteiger partial charge in [-0.25, -0.2) is 0 Å². The maximum Gasteiger partial charge on any atom is 0.178 e. The summed E-state index contributed by atoms with van der Waals surface area (Å²) < 4.78 is 0. The molecule has 0 aliphatic carbocycles. The fourth-order valence-corrected chi connectivity index (χ4v) is 1.80. The number of nitrogens with zero attached hydrogens (tertiary/aromatic N) is 4. The summed E-state index contributed by atoms with van der Waals surface area (Å²) in [5, 5.41) is 11.4. The molecule has 0 radical (unpaired) electrons. The Labute approximate surface area is 81.9 Å². The number of hydrogen-bond donors (Lipinski definition) is 0. The SMILES string of the molecule is Clc1nnncc1N1CCCCC1. The molecule has 0 saturated carbocycles. The molecule has 0 amide bonds. The van der Waals surface area contributed by atoms with Crippen LogP contribution in [0.4, 0.5) is 5.69 Å². The van der Waals surface area contributed by atoms with Crippen molar-refractivity contribution >= 4 is 17.3 Å². The van der Waals surface area contributed by atoms with Gasteiger partial charge >= 0.3 is 0 Å². The van der Waals surface area contributed by atoms with Crippen molar-refractivity contribution < 1.29 is 0 Å². The van der Waals surface area contributed by atoms with Crippen LogP contribution in [0.3, 0.4) is 0 Å². The second-order valence-electron chi connectivity index (χ2n) is 3.16. The summed E-state index contributed by atoms with van der Waals surface area (Å²) in [7, 11) is 0. The number of piperidine rings is 1. The van der Waals surface area contributed by atoms with Crippen LogP contribution >= 0.6 is 11.6 Å². The fraction of sp³-hybridized carbons (Fsp3) is 0.625. The summed E-state index contributed by atoms with van der Waals surface area (Å²) in [6, 6.07) is 0. The van der Waals surface area contributed by atoms with Crippen molar-refractivity contribution in [1.82, 2.24) is 15.4 Å². The van der Waals surface area contributed by atoms with Crippen molar-refractivity contribution in [1.29, 1.82) is 0 Å². The third-order valence-corrected chi connectivity index (χ3v) is 2.54. The topological polar surface area (TPSA) is 41.9 Å². The van der Waals surface area contributed by atoms with Crippen LogP contribution in [0.15, 0.2) is 6.20 Å². The van der Waals surface area contributed by atoms with Crippen molar-refractivity contribution in [3.8, 4) is 0 Å².